The lowest BCUT2D eigenvalue weighted by atomic mass is 9.41. The van der Waals surface area contributed by atoms with Crippen LogP contribution in [0.25, 0.3) is 0 Å². The third-order valence-electron chi connectivity index (χ3n) is 12.0. The van der Waals surface area contributed by atoms with Gasteiger partial charge in [-0.3, -0.25) is 24.1 Å². The highest BCUT2D eigenvalue weighted by Gasteiger charge is 2.67. The number of hydrogen-bond donors (Lipinski definition) is 1. The Balaban J connectivity index is 0.00000265. The number of fused-ring (bicyclic) bond motifs is 5. The smallest absolute Gasteiger partial charge is 0.312 e. The summed E-state index contributed by atoms with van der Waals surface area (Å²) in [5.74, 6) is -2.13. The Labute approximate surface area is 286 Å². The van der Waals surface area contributed by atoms with Crippen LogP contribution in [-0.4, -0.2) is 59.1 Å². The van der Waals surface area contributed by atoms with Gasteiger partial charge in [-0.25, -0.2) is 0 Å². The van der Waals surface area contributed by atoms with Gasteiger partial charge in [-0.15, -0.1) is 0 Å². The fourth-order valence-corrected chi connectivity index (χ4v) is 8.08. The quantitative estimate of drug-likeness (QED) is 0.0908. The summed E-state index contributed by atoms with van der Waals surface area (Å²) in [5.41, 5.74) is -4.41. The molecule has 47 heavy (non-hydrogen) atoms. The molecule has 2 amide bonds. The number of esters is 1. The topological polar surface area (TPSA) is 110 Å². The second-order valence-corrected chi connectivity index (χ2v) is 16.9. The van der Waals surface area contributed by atoms with Crippen LogP contribution in [0.2, 0.25) is 0 Å². The van der Waals surface area contributed by atoms with Gasteiger partial charge in [0.15, 0.2) is 0 Å². The van der Waals surface area contributed by atoms with E-state index in [4.69, 9.17) is 9.47 Å². The Bertz CT molecular complexity index is 1110. The summed E-state index contributed by atoms with van der Waals surface area (Å²) in [4.78, 5) is 54.0. The van der Waals surface area contributed by atoms with Gasteiger partial charge in [-0.05, 0) is 61.2 Å². The monoisotopic (exact) mass is 664 g/mol. The van der Waals surface area contributed by atoms with E-state index in [1.807, 2.05) is 102 Å². The van der Waals surface area contributed by atoms with Crippen LogP contribution in [-0.2, 0) is 28.7 Å². The van der Waals surface area contributed by atoms with Crippen molar-refractivity contribution in [3.8, 4) is 0 Å². The molecule has 272 valence electrons. The van der Waals surface area contributed by atoms with Gasteiger partial charge in [0, 0.05) is 6.54 Å². The van der Waals surface area contributed by atoms with Crippen LogP contribution in [0.1, 0.15) is 143 Å². The first-order chi connectivity index (χ1) is 21.5. The van der Waals surface area contributed by atoms with Gasteiger partial charge in [0.1, 0.15) is 0 Å². The van der Waals surface area contributed by atoms with Crippen LogP contribution in [0.3, 0.4) is 0 Å². The molecule has 3 heterocycles. The summed E-state index contributed by atoms with van der Waals surface area (Å²) in [7, 11) is 0. The van der Waals surface area contributed by atoms with Crippen molar-refractivity contribution in [2.24, 2.45) is 44.3 Å². The lowest BCUT2D eigenvalue weighted by molar-refractivity contribution is -0.204. The van der Waals surface area contributed by atoms with Gasteiger partial charge in [0.2, 0.25) is 11.8 Å². The molecule has 1 N–H and O–H groups in total. The first-order valence-electron chi connectivity index (χ1n) is 18.1. The largest absolute Gasteiger partial charge is 0.481 e. The standard InChI is InChI=1S/C35H57NO7.2C2H6/c1-30(2,3)21-34(11,32(7,8)33(9,10)35(12,28(39)40)31(4,5)6)29(41)42-20-16-14-13-15-19-36-26(37)24-22-17-18-23(43-22)25(24)27(36)38;2*1-2/h17-18,22-25H,13-16,19-21H2,1-12H3,(H,39,40);2*1-2H3. The summed E-state index contributed by atoms with van der Waals surface area (Å²) in [6.45, 7) is 32.6. The molecule has 3 aliphatic heterocycles. The van der Waals surface area contributed by atoms with Gasteiger partial charge in [-0.2, -0.15) is 0 Å². The van der Waals surface area contributed by atoms with Crippen molar-refractivity contribution in [1.82, 2.24) is 4.90 Å². The van der Waals surface area contributed by atoms with Crippen molar-refractivity contribution < 1.29 is 33.8 Å². The summed E-state index contributed by atoms with van der Waals surface area (Å²) in [6.07, 6.45) is 6.79. The number of nitrogens with zero attached hydrogens (tertiary/aromatic N) is 1. The summed E-state index contributed by atoms with van der Waals surface area (Å²) >= 11 is 0. The molecule has 3 rings (SSSR count). The molecular formula is C39H69NO7. The van der Waals surface area contributed by atoms with E-state index in [1.54, 1.807) is 0 Å². The number of hydrogen-bond acceptors (Lipinski definition) is 6. The third-order valence-corrected chi connectivity index (χ3v) is 12.0. The number of imide groups is 1. The molecule has 0 aromatic rings. The first kappa shape index (κ1) is 42.8. The van der Waals surface area contributed by atoms with E-state index >= 15 is 0 Å². The van der Waals surface area contributed by atoms with Crippen LogP contribution >= 0.6 is 0 Å². The van der Waals surface area contributed by atoms with Crippen molar-refractivity contribution in [3.05, 3.63) is 12.2 Å². The maximum atomic E-state index is 14.0. The third kappa shape index (κ3) is 7.83. The van der Waals surface area contributed by atoms with Crippen molar-refractivity contribution >= 4 is 23.8 Å². The average Bonchev–Trinajstić information content (AvgIpc) is 3.66. The van der Waals surface area contributed by atoms with Crippen LogP contribution in [0.15, 0.2) is 12.2 Å². The number of carbonyl (C=O) groups is 4. The van der Waals surface area contributed by atoms with Crippen LogP contribution < -0.4 is 0 Å². The molecule has 2 fully saturated rings. The molecule has 6 atom stereocenters. The molecule has 8 nitrogen and oxygen atoms in total. The zero-order valence-corrected chi connectivity index (χ0v) is 32.8. The van der Waals surface area contributed by atoms with Crippen LogP contribution in [0.5, 0.6) is 0 Å². The second kappa shape index (κ2) is 15.6. The summed E-state index contributed by atoms with van der Waals surface area (Å²) < 4.78 is 11.7. The SMILES string of the molecule is CC.CC.CC(C)(C)CC(C)(C(=O)OCCCCCCN1C(=O)C2C3C=CC(O3)C2C1=O)C(C)(C)C(C)(C)C(C)(C(=O)O)C(C)(C)C. The highest BCUT2D eigenvalue weighted by Crippen LogP contribution is 2.66. The maximum Gasteiger partial charge on any atom is 0.312 e. The van der Waals surface area contributed by atoms with Gasteiger partial charge in [0.25, 0.3) is 0 Å². The average molecular weight is 664 g/mol. The minimum Gasteiger partial charge on any atom is -0.481 e. The normalized spacial score (nSPS) is 24.8. The minimum atomic E-state index is -1.14. The van der Waals surface area contributed by atoms with Gasteiger partial charge < -0.3 is 14.6 Å². The molecule has 0 radical (unpaired) electrons. The maximum absolute atomic E-state index is 14.0. The van der Waals surface area contributed by atoms with Crippen LogP contribution in [0.4, 0.5) is 0 Å². The molecule has 2 bridgehead atoms. The molecule has 0 aliphatic carbocycles. The highest BCUT2D eigenvalue weighted by molar-refractivity contribution is 6.06. The van der Waals surface area contributed by atoms with Crippen molar-refractivity contribution in [1.29, 1.82) is 0 Å². The Morgan fingerprint density at radius 1 is 0.745 bits per heavy atom. The second-order valence-electron chi connectivity index (χ2n) is 16.9. The molecule has 6 unspecified atom stereocenters. The zero-order chi connectivity index (χ0) is 37.0. The number of carboxylic acids is 1. The fourth-order valence-electron chi connectivity index (χ4n) is 8.08. The van der Waals surface area contributed by atoms with Crippen molar-refractivity contribution in [2.45, 2.75) is 155 Å². The van der Waals surface area contributed by atoms with Crippen molar-refractivity contribution in [2.75, 3.05) is 13.2 Å². The van der Waals surface area contributed by atoms with E-state index in [-0.39, 0.29) is 53.8 Å². The van der Waals surface area contributed by atoms with E-state index in [9.17, 15) is 24.3 Å². The number of carboxylic acid groups (broad SMARTS) is 1. The van der Waals surface area contributed by atoms with Gasteiger partial charge >= 0.3 is 11.9 Å². The number of unbranched alkanes of at least 4 members (excludes halogenated alkanes) is 3. The van der Waals surface area contributed by atoms with E-state index in [2.05, 4.69) is 20.8 Å². The van der Waals surface area contributed by atoms with E-state index < -0.39 is 33.0 Å². The van der Waals surface area contributed by atoms with Gasteiger partial charge in [-0.1, -0.05) is 116 Å². The predicted octanol–water partition coefficient (Wildman–Crippen LogP) is 8.71. The Kier molecular flexibility index (Phi) is 14.2. The lowest BCUT2D eigenvalue weighted by Gasteiger charge is -2.61. The number of aliphatic carboxylic acids is 1. The van der Waals surface area contributed by atoms with E-state index in [1.165, 1.54) is 4.90 Å². The van der Waals surface area contributed by atoms with Crippen LogP contribution in [0, 0.1) is 44.3 Å². The van der Waals surface area contributed by atoms with E-state index in [0.717, 1.165) is 12.8 Å². The lowest BCUT2D eigenvalue weighted by Crippen LogP contribution is -2.62. The predicted molar refractivity (Wildman–Crippen MR) is 189 cm³/mol. The first-order valence-corrected chi connectivity index (χ1v) is 18.1. The molecule has 0 saturated carbocycles. The number of rotatable bonds is 13. The molecule has 3 aliphatic rings. The number of likely N-dealkylation sites (tertiary alicyclic amines) is 1. The van der Waals surface area contributed by atoms with Crippen molar-refractivity contribution in [3.63, 3.8) is 0 Å². The molecule has 2 saturated heterocycles. The Hall–Kier alpha value is -2.22. The molecule has 0 spiro atoms. The molecule has 0 aromatic carbocycles. The Morgan fingerprint density at radius 3 is 1.60 bits per heavy atom. The Morgan fingerprint density at radius 2 is 1.19 bits per heavy atom. The highest BCUT2D eigenvalue weighted by atomic mass is 16.5. The fraction of sp³-hybridized carbons (Fsp3) is 0.846. The number of amides is 2. The molecule has 0 aromatic heterocycles. The summed E-state index contributed by atoms with van der Waals surface area (Å²) in [6, 6.07) is 0. The van der Waals surface area contributed by atoms with Gasteiger partial charge in [0.05, 0.1) is 41.5 Å². The van der Waals surface area contributed by atoms with E-state index in [0.29, 0.717) is 25.8 Å². The minimum absolute atomic E-state index is 0.116. The number of ether oxygens (including phenoxy) is 2. The number of carbonyl (C=O) groups excluding carboxylic acids is 3. The molecular weight excluding hydrogens is 594 g/mol. The molecule has 8 heteroatoms. The zero-order valence-electron chi connectivity index (χ0n) is 32.8. The summed E-state index contributed by atoms with van der Waals surface area (Å²) in [5, 5.41) is 10.5.